The van der Waals surface area contributed by atoms with Gasteiger partial charge in [0, 0.05) is 11.1 Å². The molecular formula is C21H18O2. The molecule has 1 aliphatic heterocycles. The lowest BCUT2D eigenvalue weighted by Crippen LogP contribution is -2.36. The Morgan fingerprint density at radius 1 is 0.652 bits per heavy atom. The molecule has 1 fully saturated rings. The van der Waals surface area contributed by atoms with Gasteiger partial charge in [0.2, 0.25) is 5.79 Å². The number of fused-ring (bicyclic) bond motifs is 4. The maximum Gasteiger partial charge on any atom is 0.223 e. The highest BCUT2D eigenvalue weighted by atomic mass is 16.7. The van der Waals surface area contributed by atoms with Crippen LogP contribution in [0.4, 0.5) is 0 Å². The van der Waals surface area contributed by atoms with Gasteiger partial charge in [0.15, 0.2) is 0 Å². The summed E-state index contributed by atoms with van der Waals surface area (Å²) in [5.74, 6) is -0.763. The summed E-state index contributed by atoms with van der Waals surface area (Å²) in [5, 5.41) is 2.50. The Morgan fingerprint density at radius 2 is 1.30 bits per heavy atom. The fraction of sp³-hybridized carbons (Fsp3) is 0.238. The first-order valence-corrected chi connectivity index (χ1v) is 8.30. The molecule has 0 saturated carbocycles. The van der Waals surface area contributed by atoms with Gasteiger partial charge in [-0.05, 0) is 34.7 Å². The highest BCUT2D eigenvalue weighted by Gasteiger charge is 2.44. The fourth-order valence-corrected chi connectivity index (χ4v) is 3.98. The van der Waals surface area contributed by atoms with Gasteiger partial charge in [0.05, 0.1) is 13.2 Å². The van der Waals surface area contributed by atoms with Gasteiger partial charge in [-0.1, -0.05) is 60.7 Å². The zero-order valence-electron chi connectivity index (χ0n) is 12.9. The minimum absolute atomic E-state index is 0.729. The molecule has 3 aromatic rings. The van der Waals surface area contributed by atoms with Crippen LogP contribution in [0.25, 0.3) is 21.9 Å². The van der Waals surface area contributed by atoms with Crippen molar-refractivity contribution in [2.24, 2.45) is 0 Å². The van der Waals surface area contributed by atoms with Crippen molar-refractivity contribution in [2.45, 2.75) is 18.6 Å². The van der Waals surface area contributed by atoms with E-state index >= 15 is 0 Å². The van der Waals surface area contributed by atoms with E-state index in [1.54, 1.807) is 0 Å². The first-order valence-electron chi connectivity index (χ1n) is 8.30. The zero-order valence-corrected chi connectivity index (χ0v) is 12.9. The molecule has 2 aliphatic rings. The molecule has 1 heterocycles. The van der Waals surface area contributed by atoms with Gasteiger partial charge in [-0.3, -0.25) is 0 Å². The van der Waals surface area contributed by atoms with Crippen molar-refractivity contribution in [3.63, 3.8) is 0 Å². The fourth-order valence-electron chi connectivity index (χ4n) is 3.98. The van der Waals surface area contributed by atoms with E-state index in [2.05, 4.69) is 60.7 Å². The van der Waals surface area contributed by atoms with Crippen LogP contribution in [0.15, 0.2) is 60.7 Å². The quantitative estimate of drug-likeness (QED) is 0.591. The molecule has 0 aromatic heterocycles. The van der Waals surface area contributed by atoms with Crippen molar-refractivity contribution in [3.8, 4) is 11.1 Å². The third-order valence-electron chi connectivity index (χ3n) is 4.98. The van der Waals surface area contributed by atoms with E-state index < -0.39 is 5.79 Å². The summed E-state index contributed by atoms with van der Waals surface area (Å²) >= 11 is 0. The van der Waals surface area contributed by atoms with Gasteiger partial charge in [-0.25, -0.2) is 0 Å². The number of benzene rings is 3. The van der Waals surface area contributed by atoms with E-state index in [-0.39, 0.29) is 0 Å². The summed E-state index contributed by atoms with van der Waals surface area (Å²) in [4.78, 5) is 0. The Hall–Kier alpha value is -2.16. The predicted octanol–water partition coefficient (Wildman–Crippen LogP) is 4.85. The minimum Gasteiger partial charge on any atom is -0.342 e. The number of hydrogen-bond acceptors (Lipinski definition) is 2. The summed E-state index contributed by atoms with van der Waals surface area (Å²) in [7, 11) is 0. The maximum atomic E-state index is 6.38. The molecule has 23 heavy (non-hydrogen) atoms. The number of hydrogen-bond donors (Lipinski definition) is 0. The number of rotatable bonds is 0. The van der Waals surface area contributed by atoms with E-state index in [0.29, 0.717) is 0 Å². The van der Waals surface area contributed by atoms with Gasteiger partial charge >= 0.3 is 0 Å². The molecule has 2 heteroatoms. The van der Waals surface area contributed by atoms with Crippen molar-refractivity contribution in [2.75, 3.05) is 13.2 Å². The lowest BCUT2D eigenvalue weighted by atomic mass is 9.79. The molecule has 1 spiro atoms. The molecule has 5 rings (SSSR count). The first kappa shape index (κ1) is 13.3. The molecule has 1 saturated heterocycles. The van der Waals surface area contributed by atoms with Gasteiger partial charge in [-0.15, -0.1) is 0 Å². The summed E-state index contributed by atoms with van der Waals surface area (Å²) in [6, 6.07) is 21.4. The van der Waals surface area contributed by atoms with Crippen LogP contribution in [0, 0.1) is 0 Å². The highest BCUT2D eigenvalue weighted by Crippen LogP contribution is 2.50. The molecule has 1 aliphatic carbocycles. The van der Waals surface area contributed by atoms with Crippen LogP contribution in [0.2, 0.25) is 0 Å². The van der Waals surface area contributed by atoms with E-state index in [0.717, 1.165) is 37.2 Å². The molecule has 0 bridgehead atoms. The molecule has 0 radical (unpaired) electrons. The Kier molecular flexibility index (Phi) is 2.84. The van der Waals surface area contributed by atoms with Gasteiger partial charge in [0.25, 0.3) is 0 Å². The van der Waals surface area contributed by atoms with Crippen LogP contribution in [0.1, 0.15) is 24.0 Å². The molecule has 2 nitrogen and oxygen atoms in total. The van der Waals surface area contributed by atoms with Crippen molar-refractivity contribution < 1.29 is 9.47 Å². The SMILES string of the molecule is c1ccc2c(c1)-c1cccc3cccc(c13)C21OCCCCO1. The number of ether oxygens (including phenoxy) is 2. The molecule has 114 valence electrons. The Labute approximate surface area is 135 Å². The van der Waals surface area contributed by atoms with Crippen molar-refractivity contribution in [3.05, 3.63) is 71.8 Å². The second kappa shape index (κ2) is 4.92. The molecule has 0 unspecified atom stereocenters. The van der Waals surface area contributed by atoms with E-state index in [4.69, 9.17) is 9.47 Å². The second-order valence-corrected chi connectivity index (χ2v) is 6.28. The second-order valence-electron chi connectivity index (χ2n) is 6.28. The average Bonchev–Trinajstić information content (AvgIpc) is 2.87. The monoisotopic (exact) mass is 302 g/mol. The predicted molar refractivity (Wildman–Crippen MR) is 91.3 cm³/mol. The lowest BCUT2D eigenvalue weighted by molar-refractivity contribution is -0.203. The molecular weight excluding hydrogens is 284 g/mol. The summed E-state index contributed by atoms with van der Waals surface area (Å²) in [6.45, 7) is 1.46. The van der Waals surface area contributed by atoms with E-state index in [9.17, 15) is 0 Å². The lowest BCUT2D eigenvalue weighted by Gasteiger charge is -2.39. The van der Waals surface area contributed by atoms with E-state index in [1.165, 1.54) is 21.9 Å². The minimum atomic E-state index is -0.763. The summed E-state index contributed by atoms with van der Waals surface area (Å²) in [5.41, 5.74) is 4.77. The van der Waals surface area contributed by atoms with Crippen LogP contribution in [-0.4, -0.2) is 13.2 Å². The van der Waals surface area contributed by atoms with Crippen molar-refractivity contribution >= 4 is 10.8 Å². The highest BCUT2D eigenvalue weighted by molar-refractivity contribution is 6.02. The smallest absolute Gasteiger partial charge is 0.223 e. The largest absolute Gasteiger partial charge is 0.342 e. The first-order chi connectivity index (χ1) is 11.4. The normalized spacial score (nSPS) is 18.6. The average molecular weight is 302 g/mol. The molecule has 0 N–H and O–H groups in total. The third-order valence-corrected chi connectivity index (χ3v) is 4.98. The Bertz CT molecular complexity index is 884. The summed E-state index contributed by atoms with van der Waals surface area (Å²) < 4.78 is 12.8. The molecule has 0 atom stereocenters. The Balaban J connectivity index is 1.94. The van der Waals surface area contributed by atoms with Gasteiger partial charge in [-0.2, -0.15) is 0 Å². The van der Waals surface area contributed by atoms with Crippen molar-refractivity contribution in [1.29, 1.82) is 0 Å². The maximum absolute atomic E-state index is 6.38. The van der Waals surface area contributed by atoms with Crippen LogP contribution < -0.4 is 0 Å². The summed E-state index contributed by atoms with van der Waals surface area (Å²) in [6.07, 6.45) is 2.09. The molecule has 3 aromatic carbocycles. The van der Waals surface area contributed by atoms with Gasteiger partial charge in [0.1, 0.15) is 0 Å². The van der Waals surface area contributed by atoms with Crippen LogP contribution in [0.3, 0.4) is 0 Å². The zero-order chi connectivity index (χ0) is 15.3. The van der Waals surface area contributed by atoms with Gasteiger partial charge < -0.3 is 9.47 Å². The van der Waals surface area contributed by atoms with Crippen molar-refractivity contribution in [1.82, 2.24) is 0 Å². The van der Waals surface area contributed by atoms with E-state index in [1.807, 2.05) is 0 Å². The Morgan fingerprint density at radius 3 is 2.13 bits per heavy atom. The van der Waals surface area contributed by atoms with Crippen LogP contribution >= 0.6 is 0 Å². The standard InChI is InChI=1S/C21H18O2/c1-2-11-18-16(9-1)17-10-5-7-15-8-6-12-19(20(15)17)21(18)22-13-3-4-14-23-21/h1-2,5-12H,3-4,13-14H2. The topological polar surface area (TPSA) is 18.5 Å². The van der Waals surface area contributed by atoms with Crippen LogP contribution in [0.5, 0.6) is 0 Å². The van der Waals surface area contributed by atoms with Crippen LogP contribution in [-0.2, 0) is 15.3 Å². The molecule has 0 amide bonds. The third kappa shape index (κ3) is 1.76.